The van der Waals surface area contributed by atoms with Gasteiger partial charge in [-0.05, 0) is 18.1 Å². The molecule has 0 saturated heterocycles. The third kappa shape index (κ3) is 3.10. The van der Waals surface area contributed by atoms with E-state index >= 15 is 0 Å². The Hall–Kier alpha value is -2.37. The number of hydrogen-bond acceptors (Lipinski definition) is 4. The molecule has 1 N–H and O–H groups in total. The summed E-state index contributed by atoms with van der Waals surface area (Å²) >= 11 is 0. The third-order valence-corrected chi connectivity index (χ3v) is 3.93. The second kappa shape index (κ2) is 6.60. The molecule has 0 aromatic heterocycles. The zero-order valence-electron chi connectivity index (χ0n) is 12.6. The van der Waals surface area contributed by atoms with Gasteiger partial charge in [-0.15, -0.1) is 0 Å². The lowest BCUT2D eigenvalue weighted by molar-refractivity contribution is -0.142. The van der Waals surface area contributed by atoms with Gasteiger partial charge in [0.2, 0.25) is 5.91 Å². The van der Waals surface area contributed by atoms with Crippen LogP contribution in [-0.2, 0) is 25.5 Å². The molecule has 1 aliphatic heterocycles. The number of carboxylic acids is 1. The van der Waals surface area contributed by atoms with Gasteiger partial charge in [0, 0.05) is 24.4 Å². The lowest BCUT2D eigenvalue weighted by atomic mass is 10.0. The van der Waals surface area contributed by atoms with Crippen molar-refractivity contribution in [2.75, 3.05) is 12.0 Å². The van der Waals surface area contributed by atoms with Gasteiger partial charge >= 0.3 is 11.9 Å². The fourth-order valence-electron chi connectivity index (χ4n) is 2.65. The van der Waals surface area contributed by atoms with E-state index in [1.54, 1.807) is 19.1 Å². The number of fused-ring (bicyclic) bond motifs is 1. The van der Waals surface area contributed by atoms with Crippen LogP contribution in [0.4, 0.5) is 5.69 Å². The molecular formula is C16H19NO5. The first-order valence-electron chi connectivity index (χ1n) is 7.16. The highest BCUT2D eigenvalue weighted by molar-refractivity contribution is 6.02. The van der Waals surface area contributed by atoms with Gasteiger partial charge in [0.1, 0.15) is 6.04 Å². The zero-order valence-corrected chi connectivity index (χ0v) is 12.6. The van der Waals surface area contributed by atoms with Gasteiger partial charge in [-0.2, -0.15) is 0 Å². The molecule has 1 aromatic rings. The number of rotatable bonds is 5. The fraction of sp³-hybridized carbons (Fsp3) is 0.438. The van der Waals surface area contributed by atoms with Crippen molar-refractivity contribution in [3.05, 3.63) is 29.8 Å². The van der Waals surface area contributed by atoms with Crippen molar-refractivity contribution < 1.29 is 24.2 Å². The Bertz CT molecular complexity index is 598. The Balaban J connectivity index is 2.18. The number of carboxylic acid groups (broad SMARTS) is 1. The average molecular weight is 305 g/mol. The number of esters is 1. The van der Waals surface area contributed by atoms with E-state index in [0.29, 0.717) is 18.5 Å². The van der Waals surface area contributed by atoms with Crippen molar-refractivity contribution in [2.45, 2.75) is 32.2 Å². The molecule has 6 nitrogen and oxygen atoms in total. The summed E-state index contributed by atoms with van der Waals surface area (Å²) in [4.78, 5) is 36.6. The molecule has 0 aliphatic carbocycles. The van der Waals surface area contributed by atoms with Crippen molar-refractivity contribution >= 4 is 23.5 Å². The minimum atomic E-state index is -1.02. The number of benzene rings is 1. The number of ether oxygens (including phenoxy) is 1. The van der Waals surface area contributed by atoms with Gasteiger partial charge in [-0.1, -0.05) is 25.1 Å². The smallest absolute Gasteiger partial charge is 0.327 e. The van der Waals surface area contributed by atoms with Crippen molar-refractivity contribution in [3.63, 3.8) is 0 Å². The van der Waals surface area contributed by atoms with Crippen LogP contribution in [-0.4, -0.2) is 36.1 Å². The summed E-state index contributed by atoms with van der Waals surface area (Å²) in [5, 5.41) is 9.37. The fourth-order valence-corrected chi connectivity index (χ4v) is 2.65. The van der Waals surface area contributed by atoms with Crippen LogP contribution in [0.5, 0.6) is 0 Å². The van der Waals surface area contributed by atoms with Gasteiger partial charge in [-0.25, -0.2) is 4.79 Å². The third-order valence-electron chi connectivity index (χ3n) is 3.93. The number of amides is 1. The highest BCUT2D eigenvalue weighted by Gasteiger charge is 2.39. The van der Waals surface area contributed by atoms with Gasteiger partial charge < -0.3 is 9.84 Å². The number of para-hydroxylation sites is 1. The lowest BCUT2D eigenvalue weighted by Gasteiger charge is -2.25. The molecule has 1 amide bonds. The van der Waals surface area contributed by atoms with Gasteiger partial charge in [0.25, 0.3) is 0 Å². The molecule has 2 unspecified atom stereocenters. The van der Waals surface area contributed by atoms with Crippen molar-refractivity contribution in [1.29, 1.82) is 0 Å². The van der Waals surface area contributed by atoms with Crippen LogP contribution in [0.3, 0.4) is 0 Å². The summed E-state index contributed by atoms with van der Waals surface area (Å²) in [6.45, 7) is 1.70. The van der Waals surface area contributed by atoms with E-state index in [1.807, 2.05) is 12.1 Å². The van der Waals surface area contributed by atoms with Crippen LogP contribution in [0.25, 0.3) is 0 Å². The number of carbonyl (C=O) groups is 3. The van der Waals surface area contributed by atoms with E-state index in [0.717, 1.165) is 5.56 Å². The molecule has 6 heteroatoms. The first-order chi connectivity index (χ1) is 10.5. The van der Waals surface area contributed by atoms with E-state index in [2.05, 4.69) is 4.74 Å². The summed E-state index contributed by atoms with van der Waals surface area (Å²) in [5.41, 5.74) is 1.49. The Labute approximate surface area is 128 Å². The van der Waals surface area contributed by atoms with E-state index < -0.39 is 17.9 Å². The maximum absolute atomic E-state index is 12.6. The number of aliphatic carboxylic acids is 1. The largest absolute Gasteiger partial charge is 0.480 e. The lowest BCUT2D eigenvalue weighted by Crippen LogP contribution is -2.45. The van der Waals surface area contributed by atoms with Crippen LogP contribution in [0.1, 0.15) is 25.3 Å². The molecule has 1 aromatic carbocycles. The van der Waals surface area contributed by atoms with Gasteiger partial charge in [-0.3, -0.25) is 14.5 Å². The second-order valence-corrected chi connectivity index (χ2v) is 5.41. The molecule has 22 heavy (non-hydrogen) atoms. The summed E-state index contributed by atoms with van der Waals surface area (Å²) in [7, 11) is 1.30. The van der Waals surface area contributed by atoms with Crippen molar-refractivity contribution in [1.82, 2.24) is 0 Å². The number of methoxy groups -OCH3 is 1. The van der Waals surface area contributed by atoms with E-state index in [1.165, 1.54) is 12.0 Å². The van der Waals surface area contributed by atoms with Gasteiger partial charge in [0.15, 0.2) is 0 Å². The molecule has 2 atom stereocenters. The highest BCUT2D eigenvalue weighted by Crippen LogP contribution is 2.33. The number of carbonyl (C=O) groups excluding carboxylic acids is 2. The molecule has 0 fully saturated rings. The van der Waals surface area contributed by atoms with Crippen LogP contribution in [0.2, 0.25) is 0 Å². The number of hydrogen-bond donors (Lipinski definition) is 1. The maximum atomic E-state index is 12.6. The first-order valence-corrected chi connectivity index (χ1v) is 7.16. The Morgan fingerprint density at radius 2 is 2.05 bits per heavy atom. The van der Waals surface area contributed by atoms with Crippen molar-refractivity contribution in [3.8, 4) is 0 Å². The van der Waals surface area contributed by atoms with Crippen LogP contribution >= 0.6 is 0 Å². The van der Waals surface area contributed by atoms with E-state index in [4.69, 9.17) is 0 Å². The molecule has 0 spiro atoms. The molecule has 118 valence electrons. The molecule has 0 saturated carbocycles. The second-order valence-electron chi connectivity index (χ2n) is 5.41. The normalized spacial score (nSPS) is 17.7. The van der Waals surface area contributed by atoms with Gasteiger partial charge in [0.05, 0.1) is 7.11 Å². The average Bonchev–Trinajstić information content (AvgIpc) is 2.91. The predicted molar refractivity (Wildman–Crippen MR) is 79.5 cm³/mol. The number of nitrogens with zero attached hydrogens (tertiary/aromatic N) is 1. The van der Waals surface area contributed by atoms with Crippen LogP contribution < -0.4 is 4.90 Å². The topological polar surface area (TPSA) is 83.9 Å². The maximum Gasteiger partial charge on any atom is 0.327 e. The minimum Gasteiger partial charge on any atom is -0.480 e. The zero-order chi connectivity index (χ0) is 16.3. The molecule has 1 heterocycles. The molecule has 1 aliphatic rings. The van der Waals surface area contributed by atoms with E-state index in [9.17, 15) is 19.5 Å². The standard InChI is InChI=1S/C16H19NO5/c1-10(7-8-14(18)22-2)15(19)17-12-6-4-3-5-11(12)9-13(17)16(20)21/h3-6,10,13H,7-9H2,1-2H3,(H,20,21). The molecular weight excluding hydrogens is 286 g/mol. The SMILES string of the molecule is COC(=O)CCC(C)C(=O)N1c2ccccc2CC1C(=O)O. The monoisotopic (exact) mass is 305 g/mol. The summed E-state index contributed by atoms with van der Waals surface area (Å²) in [6.07, 6.45) is 0.772. The van der Waals surface area contributed by atoms with Crippen LogP contribution in [0.15, 0.2) is 24.3 Å². The van der Waals surface area contributed by atoms with Crippen LogP contribution in [0, 0.1) is 5.92 Å². The first kappa shape index (κ1) is 16.0. The summed E-state index contributed by atoms with van der Waals surface area (Å²) in [6, 6.07) is 6.31. The number of anilines is 1. The Morgan fingerprint density at radius 1 is 1.36 bits per heavy atom. The predicted octanol–water partition coefficient (Wildman–Crippen LogP) is 1.62. The quantitative estimate of drug-likeness (QED) is 0.836. The molecule has 2 rings (SSSR count). The molecule has 0 radical (unpaired) electrons. The van der Waals surface area contributed by atoms with E-state index in [-0.39, 0.29) is 18.3 Å². The summed E-state index contributed by atoms with van der Waals surface area (Å²) < 4.78 is 4.56. The highest BCUT2D eigenvalue weighted by atomic mass is 16.5. The van der Waals surface area contributed by atoms with Crippen molar-refractivity contribution in [2.24, 2.45) is 5.92 Å². The minimum absolute atomic E-state index is 0.136. The molecule has 0 bridgehead atoms. The Kier molecular flexibility index (Phi) is 4.80. The summed E-state index contributed by atoms with van der Waals surface area (Å²) in [5.74, 6) is -2.13. The Morgan fingerprint density at radius 3 is 2.68 bits per heavy atom.